The van der Waals surface area contributed by atoms with Gasteiger partial charge in [0.1, 0.15) is 22.0 Å². The van der Waals surface area contributed by atoms with Crippen molar-refractivity contribution in [2.45, 2.75) is 25.7 Å². The average molecular weight is 302 g/mol. The van der Waals surface area contributed by atoms with Gasteiger partial charge in [-0.05, 0) is 31.9 Å². The number of methoxy groups -OCH3 is 2. The Morgan fingerprint density at radius 2 is 1.76 bits per heavy atom. The van der Waals surface area contributed by atoms with Gasteiger partial charge in [-0.15, -0.1) is 0 Å². The summed E-state index contributed by atoms with van der Waals surface area (Å²) in [6.45, 7) is 1.99. The van der Waals surface area contributed by atoms with Crippen LogP contribution in [-0.4, -0.2) is 24.2 Å². The lowest BCUT2D eigenvalue weighted by molar-refractivity contribution is 0.394. The first-order valence-corrected chi connectivity index (χ1v) is 7.37. The summed E-state index contributed by atoms with van der Waals surface area (Å²) in [6, 6.07) is 5.82. The number of H-pyrrole nitrogens is 1. The molecule has 1 aliphatic carbocycles. The largest absolute Gasteiger partial charge is 0.497 e. The van der Waals surface area contributed by atoms with Crippen LogP contribution in [0.3, 0.4) is 0 Å². The summed E-state index contributed by atoms with van der Waals surface area (Å²) in [4.78, 5) is 7.95. The summed E-state index contributed by atoms with van der Waals surface area (Å²) in [5.74, 6) is 3.03. The van der Waals surface area contributed by atoms with Crippen LogP contribution in [0, 0.1) is 11.6 Å². The zero-order valence-corrected chi connectivity index (χ0v) is 13.2. The van der Waals surface area contributed by atoms with Crippen LogP contribution in [0.5, 0.6) is 11.5 Å². The molecule has 5 heteroatoms. The van der Waals surface area contributed by atoms with Crippen molar-refractivity contribution in [3.8, 4) is 22.8 Å². The third kappa shape index (κ3) is 2.78. The lowest BCUT2D eigenvalue weighted by Crippen LogP contribution is -2.00. The molecule has 2 aromatic rings. The third-order valence-electron chi connectivity index (χ3n) is 3.78. The number of benzene rings is 1. The molecule has 0 unspecified atom stereocenters. The van der Waals surface area contributed by atoms with Crippen LogP contribution in [0.25, 0.3) is 11.3 Å². The Morgan fingerprint density at radius 3 is 2.29 bits per heavy atom. The van der Waals surface area contributed by atoms with E-state index in [0.29, 0.717) is 10.6 Å². The number of rotatable bonds is 4. The average Bonchev–Trinajstić information content (AvgIpc) is 3.34. The van der Waals surface area contributed by atoms with Crippen LogP contribution in [0.4, 0.5) is 0 Å². The van der Waals surface area contributed by atoms with Crippen LogP contribution in [0.15, 0.2) is 18.2 Å². The minimum Gasteiger partial charge on any atom is -0.497 e. The molecule has 21 heavy (non-hydrogen) atoms. The number of nitrogens with one attached hydrogen (secondary N) is 1. The Morgan fingerprint density at radius 1 is 1.14 bits per heavy atom. The van der Waals surface area contributed by atoms with Crippen molar-refractivity contribution in [3.05, 3.63) is 34.2 Å². The first kappa shape index (κ1) is 14.1. The van der Waals surface area contributed by atoms with E-state index in [-0.39, 0.29) is 0 Å². The monoisotopic (exact) mass is 302 g/mol. The molecule has 0 radical (unpaired) electrons. The molecule has 0 amide bonds. The highest BCUT2D eigenvalue weighted by Gasteiger charge is 2.26. The quantitative estimate of drug-likeness (QED) is 0.867. The van der Waals surface area contributed by atoms with Gasteiger partial charge in [0, 0.05) is 23.1 Å². The Balaban J connectivity index is 2.17. The van der Waals surface area contributed by atoms with Crippen molar-refractivity contribution >= 4 is 12.2 Å². The molecule has 0 saturated heterocycles. The fraction of sp³-hybridized carbons (Fsp3) is 0.375. The Bertz CT molecular complexity index is 713. The second-order valence-corrected chi connectivity index (χ2v) is 5.69. The van der Waals surface area contributed by atoms with Crippen molar-refractivity contribution in [3.63, 3.8) is 0 Å². The van der Waals surface area contributed by atoms with Crippen LogP contribution < -0.4 is 9.47 Å². The van der Waals surface area contributed by atoms with Crippen LogP contribution >= 0.6 is 12.2 Å². The molecule has 3 rings (SSSR count). The van der Waals surface area contributed by atoms with Gasteiger partial charge in [0.2, 0.25) is 0 Å². The van der Waals surface area contributed by atoms with E-state index in [9.17, 15) is 0 Å². The second kappa shape index (κ2) is 5.48. The van der Waals surface area contributed by atoms with Crippen LogP contribution in [0.2, 0.25) is 0 Å². The predicted octanol–water partition coefficient (Wildman–Crippen LogP) is 4.01. The van der Waals surface area contributed by atoms with Crippen LogP contribution in [-0.2, 0) is 0 Å². The zero-order chi connectivity index (χ0) is 15.0. The molecule has 0 spiro atoms. The summed E-state index contributed by atoms with van der Waals surface area (Å²) in [6.07, 6.45) is 2.37. The molecule has 0 aliphatic heterocycles. The highest BCUT2D eigenvalue weighted by Crippen LogP contribution is 2.39. The van der Waals surface area contributed by atoms with Crippen LogP contribution in [0.1, 0.15) is 30.1 Å². The maximum absolute atomic E-state index is 5.40. The Labute approximate surface area is 129 Å². The molecule has 1 aliphatic rings. The molecule has 0 atom stereocenters. The second-order valence-electron chi connectivity index (χ2n) is 5.30. The summed E-state index contributed by atoms with van der Waals surface area (Å²) in [7, 11) is 3.30. The van der Waals surface area contributed by atoms with E-state index in [1.54, 1.807) is 14.2 Å². The van der Waals surface area contributed by atoms with Crippen molar-refractivity contribution in [1.82, 2.24) is 9.97 Å². The van der Waals surface area contributed by atoms with E-state index in [1.165, 1.54) is 12.8 Å². The van der Waals surface area contributed by atoms with Gasteiger partial charge >= 0.3 is 0 Å². The molecular formula is C16H18N2O2S. The van der Waals surface area contributed by atoms with Gasteiger partial charge in [0.25, 0.3) is 0 Å². The van der Waals surface area contributed by atoms with Crippen molar-refractivity contribution in [2.24, 2.45) is 0 Å². The highest BCUT2D eigenvalue weighted by molar-refractivity contribution is 7.71. The molecule has 1 fully saturated rings. The van der Waals surface area contributed by atoms with Gasteiger partial charge in [-0.3, -0.25) is 0 Å². The van der Waals surface area contributed by atoms with E-state index < -0.39 is 0 Å². The molecule has 110 valence electrons. The van der Waals surface area contributed by atoms with E-state index >= 15 is 0 Å². The summed E-state index contributed by atoms with van der Waals surface area (Å²) in [5, 5.41) is 0. The predicted molar refractivity (Wildman–Crippen MR) is 84.7 cm³/mol. The fourth-order valence-corrected chi connectivity index (χ4v) is 2.54. The standard InChI is InChI=1S/C16H18N2O2S/c1-9-14(17-15(10-4-5-10)18-16(9)21)11-6-12(19-2)8-13(7-11)20-3/h6-8,10H,4-5H2,1-3H3,(H,17,18,21). The Kier molecular flexibility index (Phi) is 3.68. The number of ether oxygens (including phenoxy) is 2. The van der Waals surface area contributed by atoms with E-state index in [0.717, 1.165) is 34.1 Å². The molecular weight excluding hydrogens is 284 g/mol. The first-order valence-electron chi connectivity index (χ1n) is 6.96. The topological polar surface area (TPSA) is 47.1 Å². The minimum absolute atomic E-state index is 0.526. The summed E-state index contributed by atoms with van der Waals surface area (Å²) in [5.41, 5.74) is 2.97. The molecule has 0 bridgehead atoms. The third-order valence-corrected chi connectivity index (χ3v) is 4.17. The Hall–Kier alpha value is -1.88. The van der Waals surface area contributed by atoms with Gasteiger partial charge in [-0.1, -0.05) is 12.2 Å². The van der Waals surface area contributed by atoms with Gasteiger partial charge < -0.3 is 14.5 Å². The molecule has 4 nitrogen and oxygen atoms in total. The first-order chi connectivity index (χ1) is 10.1. The van der Waals surface area contributed by atoms with Crippen molar-refractivity contribution in [1.29, 1.82) is 0 Å². The fourth-order valence-electron chi connectivity index (χ4n) is 2.34. The molecule has 1 aromatic carbocycles. The normalized spacial score (nSPS) is 14.0. The van der Waals surface area contributed by atoms with E-state index in [1.807, 2.05) is 25.1 Å². The number of aromatic nitrogens is 2. The lowest BCUT2D eigenvalue weighted by Gasteiger charge is -2.12. The van der Waals surface area contributed by atoms with Gasteiger partial charge in [-0.2, -0.15) is 0 Å². The molecule has 1 saturated carbocycles. The summed E-state index contributed by atoms with van der Waals surface area (Å²) < 4.78 is 11.3. The minimum atomic E-state index is 0.526. The lowest BCUT2D eigenvalue weighted by atomic mass is 10.1. The van der Waals surface area contributed by atoms with E-state index in [4.69, 9.17) is 21.7 Å². The summed E-state index contributed by atoms with van der Waals surface area (Å²) >= 11 is 5.40. The van der Waals surface area contributed by atoms with E-state index in [2.05, 4.69) is 9.97 Å². The number of nitrogens with zero attached hydrogens (tertiary/aromatic N) is 1. The van der Waals surface area contributed by atoms with Gasteiger partial charge in [-0.25, -0.2) is 4.98 Å². The maximum Gasteiger partial charge on any atom is 0.133 e. The van der Waals surface area contributed by atoms with Crippen molar-refractivity contribution in [2.75, 3.05) is 14.2 Å². The molecule has 1 aromatic heterocycles. The molecule has 1 heterocycles. The highest BCUT2D eigenvalue weighted by atomic mass is 32.1. The maximum atomic E-state index is 5.40. The SMILES string of the molecule is COc1cc(OC)cc(-c2[nH]c(C3CC3)nc(=S)c2C)c1. The van der Waals surface area contributed by atoms with Gasteiger partial charge in [0.15, 0.2) is 0 Å². The number of hydrogen-bond donors (Lipinski definition) is 1. The van der Waals surface area contributed by atoms with Gasteiger partial charge in [0.05, 0.1) is 19.9 Å². The zero-order valence-electron chi connectivity index (χ0n) is 12.4. The molecule has 1 N–H and O–H groups in total. The number of aromatic amines is 1. The smallest absolute Gasteiger partial charge is 0.133 e. The number of hydrogen-bond acceptors (Lipinski definition) is 4. The van der Waals surface area contributed by atoms with Crippen molar-refractivity contribution < 1.29 is 9.47 Å².